The molecule has 0 saturated heterocycles. The third-order valence-electron chi connectivity index (χ3n) is 6.25. The highest BCUT2D eigenvalue weighted by Gasteiger charge is 2.39. The molecule has 2 atom stereocenters. The molecule has 0 aliphatic rings. The quantitative estimate of drug-likeness (QED) is 0.342. The molecule has 38 heavy (non-hydrogen) atoms. The van der Waals surface area contributed by atoms with E-state index in [1.807, 2.05) is 87.6 Å². The number of carbonyl (C=O) groups is 1. The van der Waals surface area contributed by atoms with Crippen LogP contribution in [-0.4, -0.2) is 59.8 Å². The van der Waals surface area contributed by atoms with Crippen LogP contribution in [0.2, 0.25) is 0 Å². The average molecular weight is 519 g/mol. The number of benzene rings is 2. The number of aryl methyl sites for hydroxylation is 1. The largest absolute Gasteiger partial charge is 0.328 e. The third kappa shape index (κ3) is 6.49. The van der Waals surface area contributed by atoms with Crippen LogP contribution in [0, 0.1) is 12.3 Å². The Morgan fingerprint density at radius 1 is 1.08 bits per heavy atom. The molecule has 0 unspecified atom stereocenters. The Balaban J connectivity index is 1.82. The highest BCUT2D eigenvalue weighted by atomic mass is 19.1. The van der Waals surface area contributed by atoms with Crippen LogP contribution in [0.25, 0.3) is 11.3 Å². The second kappa shape index (κ2) is 11.6. The van der Waals surface area contributed by atoms with Crippen molar-refractivity contribution in [2.75, 3.05) is 13.1 Å². The summed E-state index contributed by atoms with van der Waals surface area (Å²) in [4.78, 5) is 21.6. The standard InChI is InChI=1S/C28H35FN8O/c1-20-32-34-37(33-20)19-25(38)36(17-23(29)15-30)26(28(2,3)4)27-31-24(22-13-9-6-10-14-22)18-35(27)16-21-11-7-5-8-12-21/h5-14,18,23,26H,15-17,19,30H2,1-4H3/t23-,26+/m1/s1. The molecule has 0 bridgehead atoms. The van der Waals surface area contributed by atoms with E-state index in [0.717, 1.165) is 16.8 Å². The lowest BCUT2D eigenvalue weighted by Gasteiger charge is -2.40. The van der Waals surface area contributed by atoms with Gasteiger partial charge < -0.3 is 15.2 Å². The first kappa shape index (κ1) is 27.1. The SMILES string of the molecule is Cc1nnn(CC(=O)N(C[C@H](F)CN)[C@@H](c2nc(-c3ccccc3)cn2Cc2ccccc2)C(C)(C)C)n1. The fourth-order valence-corrected chi connectivity index (χ4v) is 4.54. The summed E-state index contributed by atoms with van der Waals surface area (Å²) in [7, 11) is 0. The van der Waals surface area contributed by atoms with Crippen molar-refractivity contribution in [2.45, 2.75) is 53.0 Å². The predicted octanol–water partition coefficient (Wildman–Crippen LogP) is 3.81. The van der Waals surface area contributed by atoms with Crippen molar-refractivity contribution in [1.29, 1.82) is 0 Å². The molecule has 4 rings (SSSR count). The molecular weight excluding hydrogens is 483 g/mol. The first-order chi connectivity index (χ1) is 18.2. The molecule has 2 heterocycles. The molecule has 10 heteroatoms. The second-order valence-corrected chi connectivity index (χ2v) is 10.5. The van der Waals surface area contributed by atoms with Gasteiger partial charge in [0.15, 0.2) is 5.82 Å². The zero-order valence-electron chi connectivity index (χ0n) is 22.3. The zero-order chi connectivity index (χ0) is 27.3. The minimum Gasteiger partial charge on any atom is -0.328 e. The van der Waals surface area contributed by atoms with E-state index < -0.39 is 17.6 Å². The molecule has 2 aromatic heterocycles. The molecule has 4 aromatic rings. The van der Waals surface area contributed by atoms with E-state index >= 15 is 0 Å². The van der Waals surface area contributed by atoms with Crippen LogP contribution in [0.5, 0.6) is 0 Å². The van der Waals surface area contributed by atoms with Gasteiger partial charge in [0.25, 0.3) is 0 Å². The lowest BCUT2D eigenvalue weighted by molar-refractivity contribution is -0.139. The van der Waals surface area contributed by atoms with Crippen LogP contribution in [-0.2, 0) is 17.9 Å². The molecule has 0 saturated carbocycles. The topological polar surface area (TPSA) is 108 Å². The lowest BCUT2D eigenvalue weighted by Crippen LogP contribution is -2.47. The van der Waals surface area contributed by atoms with Gasteiger partial charge in [0.1, 0.15) is 18.5 Å². The number of rotatable bonds is 10. The third-order valence-corrected chi connectivity index (χ3v) is 6.25. The summed E-state index contributed by atoms with van der Waals surface area (Å²) in [6.45, 7) is 7.76. The second-order valence-electron chi connectivity index (χ2n) is 10.5. The number of tetrazole rings is 1. The number of halogens is 1. The number of amides is 1. The fourth-order valence-electron chi connectivity index (χ4n) is 4.54. The van der Waals surface area contributed by atoms with Gasteiger partial charge in [0.2, 0.25) is 5.91 Å². The Morgan fingerprint density at radius 2 is 1.74 bits per heavy atom. The van der Waals surface area contributed by atoms with Crippen molar-refractivity contribution >= 4 is 5.91 Å². The molecule has 0 fully saturated rings. The normalized spacial score (nSPS) is 13.3. The molecule has 200 valence electrons. The molecule has 1 amide bonds. The Morgan fingerprint density at radius 3 is 2.32 bits per heavy atom. The number of carbonyl (C=O) groups excluding carboxylic acids is 1. The van der Waals surface area contributed by atoms with Crippen LogP contribution in [0.15, 0.2) is 66.9 Å². The van der Waals surface area contributed by atoms with Crippen LogP contribution in [0.3, 0.4) is 0 Å². The van der Waals surface area contributed by atoms with Gasteiger partial charge in [-0.15, -0.1) is 10.2 Å². The van der Waals surface area contributed by atoms with Crippen molar-refractivity contribution in [2.24, 2.45) is 11.1 Å². The first-order valence-electron chi connectivity index (χ1n) is 12.7. The molecule has 9 nitrogen and oxygen atoms in total. The Kier molecular flexibility index (Phi) is 8.31. The molecule has 0 aliphatic carbocycles. The van der Waals surface area contributed by atoms with Crippen molar-refractivity contribution < 1.29 is 9.18 Å². The number of hydrogen-bond donors (Lipinski definition) is 1. The number of aromatic nitrogens is 6. The summed E-state index contributed by atoms with van der Waals surface area (Å²) < 4.78 is 16.9. The highest BCUT2D eigenvalue weighted by molar-refractivity contribution is 5.76. The van der Waals surface area contributed by atoms with E-state index in [2.05, 4.69) is 20.0 Å². The summed E-state index contributed by atoms with van der Waals surface area (Å²) in [5.74, 6) is 0.780. The lowest BCUT2D eigenvalue weighted by atomic mass is 9.84. The molecular formula is C28H35FN8O. The average Bonchev–Trinajstić information content (AvgIpc) is 3.49. The smallest absolute Gasteiger partial charge is 0.246 e. The predicted molar refractivity (Wildman–Crippen MR) is 144 cm³/mol. The first-order valence-corrected chi connectivity index (χ1v) is 12.7. The molecule has 0 radical (unpaired) electrons. The molecule has 0 spiro atoms. The fraction of sp³-hybridized carbons (Fsp3) is 0.393. The maximum Gasteiger partial charge on any atom is 0.246 e. The van der Waals surface area contributed by atoms with Crippen LogP contribution < -0.4 is 5.73 Å². The Hall–Kier alpha value is -3.92. The number of nitrogens with two attached hydrogens (primary N) is 1. The minimum absolute atomic E-state index is 0.171. The van der Waals surface area contributed by atoms with E-state index in [1.165, 1.54) is 9.70 Å². The van der Waals surface area contributed by atoms with Gasteiger partial charge in [-0.05, 0) is 23.1 Å². The zero-order valence-corrected chi connectivity index (χ0v) is 22.3. The maximum atomic E-state index is 14.9. The summed E-state index contributed by atoms with van der Waals surface area (Å²) in [5, 5.41) is 11.9. The van der Waals surface area contributed by atoms with Gasteiger partial charge in [0, 0.05) is 24.8 Å². The summed E-state index contributed by atoms with van der Waals surface area (Å²) in [6, 6.07) is 19.4. The monoisotopic (exact) mass is 518 g/mol. The van der Waals surface area contributed by atoms with Crippen molar-refractivity contribution in [1.82, 2.24) is 34.7 Å². The summed E-state index contributed by atoms with van der Waals surface area (Å²) in [5.41, 5.74) is 7.99. The Bertz CT molecular complexity index is 1330. The number of hydrogen-bond acceptors (Lipinski definition) is 6. The van der Waals surface area contributed by atoms with E-state index in [0.29, 0.717) is 18.2 Å². The van der Waals surface area contributed by atoms with E-state index in [1.54, 1.807) is 6.92 Å². The minimum atomic E-state index is -1.40. The van der Waals surface area contributed by atoms with Gasteiger partial charge in [-0.3, -0.25) is 4.79 Å². The van der Waals surface area contributed by atoms with Gasteiger partial charge in [0.05, 0.1) is 18.3 Å². The van der Waals surface area contributed by atoms with Gasteiger partial charge >= 0.3 is 0 Å². The van der Waals surface area contributed by atoms with E-state index in [9.17, 15) is 9.18 Å². The van der Waals surface area contributed by atoms with Crippen molar-refractivity contribution in [3.05, 3.63) is 84.1 Å². The summed E-state index contributed by atoms with van der Waals surface area (Å²) in [6.07, 6.45) is 0.595. The van der Waals surface area contributed by atoms with Crippen molar-refractivity contribution in [3.63, 3.8) is 0 Å². The summed E-state index contributed by atoms with van der Waals surface area (Å²) >= 11 is 0. The van der Waals surface area contributed by atoms with Crippen LogP contribution in [0.4, 0.5) is 4.39 Å². The maximum absolute atomic E-state index is 14.9. The molecule has 2 aromatic carbocycles. The van der Waals surface area contributed by atoms with Gasteiger partial charge in [-0.25, -0.2) is 9.37 Å². The number of imidazole rings is 1. The van der Waals surface area contributed by atoms with Crippen LogP contribution >= 0.6 is 0 Å². The molecule has 0 aliphatic heterocycles. The van der Waals surface area contributed by atoms with Gasteiger partial charge in [-0.2, -0.15) is 4.80 Å². The van der Waals surface area contributed by atoms with E-state index in [4.69, 9.17) is 10.7 Å². The highest BCUT2D eigenvalue weighted by Crippen LogP contribution is 2.39. The van der Waals surface area contributed by atoms with Crippen LogP contribution in [0.1, 0.15) is 44.0 Å². The number of nitrogens with zero attached hydrogens (tertiary/aromatic N) is 7. The Labute approximate surface area is 222 Å². The van der Waals surface area contributed by atoms with Gasteiger partial charge in [-0.1, -0.05) is 81.4 Å². The number of alkyl halides is 1. The van der Waals surface area contributed by atoms with E-state index in [-0.39, 0.29) is 25.5 Å². The van der Waals surface area contributed by atoms with Crippen molar-refractivity contribution in [3.8, 4) is 11.3 Å². The molecule has 2 N–H and O–H groups in total.